The molecule has 0 radical (unpaired) electrons. The van der Waals surface area contributed by atoms with Gasteiger partial charge in [0.05, 0.1) is 25.8 Å². The maximum atomic E-state index is 5.56. The molecule has 1 aliphatic rings. The molecule has 2 heterocycles. The predicted molar refractivity (Wildman–Crippen MR) is 112 cm³/mol. The monoisotopic (exact) mass is 390 g/mol. The largest absolute Gasteiger partial charge is 0.370 e. The van der Waals surface area contributed by atoms with Gasteiger partial charge < -0.3 is 20.3 Å². The fourth-order valence-electron chi connectivity index (χ4n) is 3.17. The van der Waals surface area contributed by atoms with Gasteiger partial charge in [0.15, 0.2) is 5.11 Å². The van der Waals surface area contributed by atoms with E-state index in [4.69, 9.17) is 17.0 Å². The second-order valence-electron chi connectivity index (χ2n) is 6.73. The number of hydrogen-bond donors (Lipinski definition) is 3. The van der Waals surface area contributed by atoms with E-state index in [-0.39, 0.29) is 6.04 Å². The van der Waals surface area contributed by atoms with Crippen LogP contribution in [0.15, 0.2) is 41.8 Å². The number of thiophene rings is 1. The van der Waals surface area contributed by atoms with Crippen molar-refractivity contribution in [3.63, 3.8) is 0 Å². The summed E-state index contributed by atoms with van der Waals surface area (Å²) in [5, 5.41) is 9.71. The lowest BCUT2D eigenvalue weighted by atomic mass is 10.0. The van der Waals surface area contributed by atoms with Crippen LogP contribution in [-0.4, -0.2) is 44.5 Å². The van der Waals surface area contributed by atoms with Crippen LogP contribution >= 0.6 is 23.6 Å². The molecule has 0 spiro atoms. The summed E-state index contributed by atoms with van der Waals surface area (Å²) in [5.74, 6) is 0. The number of rotatable bonds is 7. The summed E-state index contributed by atoms with van der Waals surface area (Å²) >= 11 is 7.31. The quantitative estimate of drug-likeness (QED) is 0.499. The van der Waals surface area contributed by atoms with Crippen LogP contribution in [0.1, 0.15) is 28.5 Å². The van der Waals surface area contributed by atoms with Crippen molar-refractivity contribution in [2.45, 2.75) is 19.4 Å². The van der Waals surface area contributed by atoms with E-state index >= 15 is 0 Å². The summed E-state index contributed by atoms with van der Waals surface area (Å²) in [5.41, 5.74) is 2.50. The van der Waals surface area contributed by atoms with Crippen molar-refractivity contribution < 1.29 is 9.64 Å². The van der Waals surface area contributed by atoms with Gasteiger partial charge in [-0.25, -0.2) is 0 Å². The Balaban J connectivity index is 1.50. The molecule has 2 aromatic rings. The first-order chi connectivity index (χ1) is 12.7. The zero-order valence-electron chi connectivity index (χ0n) is 15.3. The number of aryl methyl sites for hydroxylation is 1. The van der Waals surface area contributed by atoms with Gasteiger partial charge in [0.25, 0.3) is 0 Å². The minimum absolute atomic E-state index is 0.0977. The van der Waals surface area contributed by atoms with Crippen LogP contribution in [0.4, 0.5) is 0 Å². The number of quaternary nitrogens is 1. The highest BCUT2D eigenvalue weighted by molar-refractivity contribution is 7.80. The molecule has 0 saturated carbocycles. The molecule has 0 bridgehead atoms. The Bertz CT molecular complexity index is 667. The van der Waals surface area contributed by atoms with Gasteiger partial charge in [0.1, 0.15) is 13.1 Å². The molecule has 6 heteroatoms. The molecule has 0 aliphatic carbocycles. The first-order valence-corrected chi connectivity index (χ1v) is 10.6. The molecule has 1 aromatic carbocycles. The molecule has 1 aliphatic heterocycles. The first kappa shape index (κ1) is 19.3. The molecule has 1 aromatic heterocycles. The van der Waals surface area contributed by atoms with Gasteiger partial charge in [-0.1, -0.05) is 35.9 Å². The number of morpholine rings is 1. The van der Waals surface area contributed by atoms with E-state index in [1.54, 1.807) is 16.2 Å². The van der Waals surface area contributed by atoms with Crippen molar-refractivity contribution in [3.8, 4) is 0 Å². The Morgan fingerprint density at radius 1 is 1.23 bits per heavy atom. The van der Waals surface area contributed by atoms with E-state index in [9.17, 15) is 0 Å². The Kier molecular flexibility index (Phi) is 7.43. The number of thiocarbonyl (C=S) groups is 1. The van der Waals surface area contributed by atoms with Crippen LogP contribution in [0.25, 0.3) is 0 Å². The van der Waals surface area contributed by atoms with Crippen molar-refractivity contribution in [1.29, 1.82) is 0 Å². The lowest BCUT2D eigenvalue weighted by Crippen LogP contribution is -3.14. The van der Waals surface area contributed by atoms with E-state index < -0.39 is 0 Å². The minimum atomic E-state index is 0.0977. The zero-order chi connectivity index (χ0) is 18.2. The van der Waals surface area contributed by atoms with Crippen molar-refractivity contribution in [2.75, 3.05) is 39.4 Å². The molecule has 3 rings (SSSR count). The summed E-state index contributed by atoms with van der Waals surface area (Å²) in [6.45, 7) is 8.21. The van der Waals surface area contributed by atoms with Crippen molar-refractivity contribution in [2.24, 2.45) is 0 Å². The lowest BCUT2D eigenvalue weighted by molar-refractivity contribution is -0.908. The number of ether oxygens (including phenoxy) is 1. The Morgan fingerprint density at radius 2 is 2.00 bits per heavy atom. The van der Waals surface area contributed by atoms with Gasteiger partial charge in [-0.2, -0.15) is 0 Å². The van der Waals surface area contributed by atoms with E-state index in [1.165, 1.54) is 22.5 Å². The summed E-state index contributed by atoms with van der Waals surface area (Å²) in [6.07, 6.45) is 1.12. The van der Waals surface area contributed by atoms with Gasteiger partial charge in [-0.05, 0) is 36.2 Å². The molecular weight excluding hydrogens is 362 g/mol. The van der Waals surface area contributed by atoms with Gasteiger partial charge >= 0.3 is 0 Å². The molecule has 1 fully saturated rings. The van der Waals surface area contributed by atoms with Crippen molar-refractivity contribution in [3.05, 3.63) is 57.8 Å². The minimum Gasteiger partial charge on any atom is -0.370 e. The standard InChI is InChI=1S/C20H27N3OS2/c1-16-5-7-17(8-6-16)19(18-4-2-15-26-18)22-20(25)21-9-3-10-23-11-13-24-14-12-23/h2,4-8,15,19H,3,9-14H2,1H3,(H2,21,22,25)/p+1/t19-/m1/s1. The molecule has 1 atom stereocenters. The Labute approximate surface area is 165 Å². The highest BCUT2D eigenvalue weighted by Gasteiger charge is 2.16. The molecule has 4 nitrogen and oxygen atoms in total. The van der Waals surface area contributed by atoms with Crippen LogP contribution in [-0.2, 0) is 4.74 Å². The fourth-order valence-corrected chi connectivity index (χ4v) is 4.19. The van der Waals surface area contributed by atoms with E-state index in [0.717, 1.165) is 44.4 Å². The van der Waals surface area contributed by atoms with Gasteiger partial charge in [-0.15, -0.1) is 11.3 Å². The lowest BCUT2D eigenvalue weighted by Gasteiger charge is -2.24. The summed E-state index contributed by atoms with van der Waals surface area (Å²) in [7, 11) is 0. The van der Waals surface area contributed by atoms with Crippen LogP contribution in [0.2, 0.25) is 0 Å². The summed E-state index contributed by atoms with van der Waals surface area (Å²) < 4.78 is 5.41. The number of benzene rings is 1. The number of hydrogen-bond acceptors (Lipinski definition) is 3. The van der Waals surface area contributed by atoms with Crippen LogP contribution in [0.3, 0.4) is 0 Å². The molecule has 1 saturated heterocycles. The highest BCUT2D eigenvalue weighted by atomic mass is 32.1. The van der Waals surface area contributed by atoms with Gasteiger partial charge in [-0.3, -0.25) is 0 Å². The second-order valence-corrected chi connectivity index (χ2v) is 8.11. The number of nitrogens with one attached hydrogen (secondary N) is 3. The zero-order valence-corrected chi connectivity index (χ0v) is 16.9. The van der Waals surface area contributed by atoms with Gasteiger partial charge in [0.2, 0.25) is 0 Å². The van der Waals surface area contributed by atoms with Gasteiger partial charge in [0, 0.05) is 17.8 Å². The predicted octanol–water partition coefficient (Wildman–Crippen LogP) is 1.92. The van der Waals surface area contributed by atoms with Crippen LogP contribution in [0, 0.1) is 6.92 Å². The average molecular weight is 391 g/mol. The van der Waals surface area contributed by atoms with E-state index in [1.807, 2.05) is 0 Å². The first-order valence-electron chi connectivity index (χ1n) is 9.28. The maximum absolute atomic E-state index is 5.56. The van der Waals surface area contributed by atoms with Crippen molar-refractivity contribution in [1.82, 2.24) is 10.6 Å². The molecule has 0 unspecified atom stereocenters. The van der Waals surface area contributed by atoms with Crippen molar-refractivity contribution >= 4 is 28.7 Å². The normalized spacial score (nSPS) is 16.2. The van der Waals surface area contributed by atoms with Crippen LogP contribution < -0.4 is 15.5 Å². The molecular formula is C20H28N3OS2+. The Morgan fingerprint density at radius 3 is 2.69 bits per heavy atom. The van der Waals surface area contributed by atoms with Crippen LogP contribution in [0.5, 0.6) is 0 Å². The Hall–Kier alpha value is -1.47. The second kappa shape index (κ2) is 10.0. The van der Waals surface area contributed by atoms with E-state index in [2.05, 4.69) is 59.3 Å². The molecule has 140 valence electrons. The maximum Gasteiger partial charge on any atom is 0.167 e. The SMILES string of the molecule is Cc1ccc([C@@H](NC(=S)NCCC[NH+]2CCOCC2)c2cccs2)cc1. The summed E-state index contributed by atoms with van der Waals surface area (Å²) in [4.78, 5) is 2.91. The highest BCUT2D eigenvalue weighted by Crippen LogP contribution is 2.26. The average Bonchev–Trinajstić information content (AvgIpc) is 3.19. The van der Waals surface area contributed by atoms with E-state index in [0.29, 0.717) is 0 Å². The molecule has 3 N–H and O–H groups in total. The molecule has 0 amide bonds. The smallest absolute Gasteiger partial charge is 0.167 e. The topological polar surface area (TPSA) is 37.7 Å². The fraction of sp³-hybridized carbons (Fsp3) is 0.450. The third kappa shape index (κ3) is 5.77. The molecule has 26 heavy (non-hydrogen) atoms. The summed E-state index contributed by atoms with van der Waals surface area (Å²) in [6, 6.07) is 13.0. The third-order valence-electron chi connectivity index (χ3n) is 4.71. The third-order valence-corrected chi connectivity index (χ3v) is 5.91.